The molecule has 2 N–H and O–H groups in total. The fraction of sp³-hybridized carbons (Fsp3) is 0.417. The lowest BCUT2D eigenvalue weighted by molar-refractivity contribution is -0.384. The number of carboxylic acid groups (broad SMARTS) is 2. The van der Waals surface area contributed by atoms with Crippen molar-refractivity contribution in [2.24, 2.45) is 0 Å². The Morgan fingerprint density at radius 3 is 2.29 bits per heavy atom. The lowest BCUT2D eigenvalue weighted by Gasteiger charge is -2.43. The van der Waals surface area contributed by atoms with E-state index in [-0.39, 0.29) is 22.3 Å². The van der Waals surface area contributed by atoms with E-state index in [0.29, 0.717) is 6.61 Å². The maximum absolute atomic E-state index is 10.8. The molecular formula is C24H28N2O8. The molecular weight excluding hydrogens is 444 g/mol. The van der Waals surface area contributed by atoms with Crippen molar-refractivity contribution >= 4 is 17.6 Å². The van der Waals surface area contributed by atoms with Crippen LogP contribution in [0.1, 0.15) is 30.9 Å². The Morgan fingerprint density at radius 2 is 1.71 bits per heavy atom. The topological polar surface area (TPSA) is 139 Å². The lowest BCUT2D eigenvalue weighted by atomic mass is 9.86. The molecule has 10 nitrogen and oxygen atoms in total. The van der Waals surface area contributed by atoms with Crippen molar-refractivity contribution in [3.05, 3.63) is 69.8 Å². The summed E-state index contributed by atoms with van der Waals surface area (Å²) in [6.07, 6.45) is 2.81. The number of piperidine rings is 1. The Labute approximate surface area is 196 Å². The maximum Gasteiger partial charge on any atom is 0.414 e. The van der Waals surface area contributed by atoms with Gasteiger partial charge in [-0.25, -0.2) is 9.59 Å². The minimum Gasteiger partial charge on any atom is -0.487 e. The van der Waals surface area contributed by atoms with Gasteiger partial charge in [0.2, 0.25) is 0 Å². The number of ether oxygens (including phenoxy) is 2. The van der Waals surface area contributed by atoms with Crippen molar-refractivity contribution in [1.82, 2.24) is 4.90 Å². The number of nitro groups is 1. The van der Waals surface area contributed by atoms with Crippen LogP contribution < -0.4 is 4.74 Å². The molecule has 0 aliphatic carbocycles. The molecule has 0 bridgehead atoms. The van der Waals surface area contributed by atoms with Crippen LogP contribution in [0.25, 0.3) is 0 Å². The molecule has 2 aliphatic heterocycles. The van der Waals surface area contributed by atoms with E-state index in [1.165, 1.54) is 0 Å². The highest BCUT2D eigenvalue weighted by Crippen LogP contribution is 2.37. The summed E-state index contributed by atoms with van der Waals surface area (Å²) in [4.78, 5) is 31.0. The molecule has 182 valence electrons. The number of para-hydroxylation sites is 1. The summed E-state index contributed by atoms with van der Waals surface area (Å²) in [7, 11) is 0. The smallest absolute Gasteiger partial charge is 0.414 e. The second-order valence-corrected chi connectivity index (χ2v) is 8.35. The van der Waals surface area contributed by atoms with Gasteiger partial charge >= 0.3 is 11.9 Å². The summed E-state index contributed by atoms with van der Waals surface area (Å²) in [5, 5.41) is 25.5. The summed E-state index contributed by atoms with van der Waals surface area (Å²) in [5.74, 6) is -2.71. The number of hydrogen-bond donors (Lipinski definition) is 2. The summed E-state index contributed by atoms with van der Waals surface area (Å²) in [6.45, 7) is 5.61. The average molecular weight is 472 g/mol. The number of hydrogen-bond acceptors (Lipinski definition) is 7. The van der Waals surface area contributed by atoms with Crippen LogP contribution in [0.5, 0.6) is 5.75 Å². The van der Waals surface area contributed by atoms with Crippen molar-refractivity contribution < 1.29 is 34.2 Å². The van der Waals surface area contributed by atoms with Crippen molar-refractivity contribution in [2.75, 3.05) is 19.6 Å². The van der Waals surface area contributed by atoms with E-state index in [2.05, 4.69) is 17.9 Å². The van der Waals surface area contributed by atoms with E-state index < -0.39 is 11.9 Å². The predicted molar refractivity (Wildman–Crippen MR) is 122 cm³/mol. The summed E-state index contributed by atoms with van der Waals surface area (Å²) in [5.41, 5.74) is 2.16. The van der Waals surface area contributed by atoms with E-state index in [0.717, 1.165) is 55.8 Å². The molecule has 1 fully saturated rings. The summed E-state index contributed by atoms with van der Waals surface area (Å²) in [6, 6.07) is 15.0. The minimum atomic E-state index is -1.82. The molecule has 2 aliphatic rings. The van der Waals surface area contributed by atoms with Crippen molar-refractivity contribution in [1.29, 1.82) is 0 Å². The van der Waals surface area contributed by atoms with Gasteiger partial charge in [-0.1, -0.05) is 30.3 Å². The van der Waals surface area contributed by atoms with E-state index >= 15 is 0 Å². The van der Waals surface area contributed by atoms with Crippen LogP contribution in [0.4, 0.5) is 5.69 Å². The number of carbonyl (C=O) groups is 2. The normalized spacial score (nSPS) is 19.0. The number of aliphatic carboxylic acids is 2. The molecule has 1 unspecified atom stereocenters. The zero-order valence-electron chi connectivity index (χ0n) is 18.9. The number of carboxylic acids is 2. The Kier molecular flexibility index (Phi) is 8.19. The third-order valence-corrected chi connectivity index (χ3v) is 6.28. The van der Waals surface area contributed by atoms with Crippen LogP contribution in [0.15, 0.2) is 48.5 Å². The first kappa shape index (κ1) is 25.1. The second-order valence-electron chi connectivity index (χ2n) is 8.35. The monoisotopic (exact) mass is 472 g/mol. The molecule has 4 rings (SSSR count). The number of nitrogens with zero attached hydrogens (tertiary/aromatic N) is 2. The standard InChI is InChI=1S/C22H26N2O4.C2H2O4/c1-17-22(27-16-19-4-2-3-5-21(19)28-17)11-14-23(15-12-22)13-10-18-6-8-20(9-7-18)24(25)26;3-1(4)2(5)6/h2-9,17H,10-16H2,1H3;(H,3,4)(H,5,6). The first-order chi connectivity index (χ1) is 16.2. The zero-order valence-corrected chi connectivity index (χ0v) is 18.9. The van der Waals surface area contributed by atoms with E-state index in [4.69, 9.17) is 29.3 Å². The molecule has 0 aromatic heterocycles. The van der Waals surface area contributed by atoms with Gasteiger partial charge in [0.1, 0.15) is 17.5 Å². The van der Waals surface area contributed by atoms with Crippen LogP contribution in [0.3, 0.4) is 0 Å². The van der Waals surface area contributed by atoms with Gasteiger partial charge in [0.25, 0.3) is 5.69 Å². The van der Waals surface area contributed by atoms with E-state index in [1.54, 1.807) is 12.1 Å². The molecule has 0 saturated carbocycles. The largest absolute Gasteiger partial charge is 0.487 e. The van der Waals surface area contributed by atoms with Crippen molar-refractivity contribution in [2.45, 2.75) is 44.5 Å². The molecule has 1 atom stereocenters. The predicted octanol–water partition coefficient (Wildman–Crippen LogP) is 3.13. The molecule has 2 aromatic rings. The minimum absolute atomic E-state index is 0.0213. The van der Waals surface area contributed by atoms with Gasteiger partial charge in [-0.3, -0.25) is 10.1 Å². The molecule has 2 heterocycles. The molecule has 10 heteroatoms. The molecule has 0 amide bonds. The molecule has 2 aromatic carbocycles. The third-order valence-electron chi connectivity index (χ3n) is 6.28. The number of nitro benzene ring substituents is 1. The summed E-state index contributed by atoms with van der Waals surface area (Å²) >= 11 is 0. The fourth-order valence-electron chi connectivity index (χ4n) is 4.15. The van der Waals surface area contributed by atoms with Gasteiger partial charge in [-0.15, -0.1) is 0 Å². The Morgan fingerprint density at radius 1 is 1.09 bits per heavy atom. The molecule has 1 saturated heterocycles. The number of fused-ring (bicyclic) bond motifs is 1. The fourth-order valence-corrected chi connectivity index (χ4v) is 4.15. The number of rotatable bonds is 4. The van der Waals surface area contributed by atoms with Crippen LogP contribution >= 0.6 is 0 Å². The third kappa shape index (κ3) is 6.30. The number of likely N-dealkylation sites (tertiary alicyclic amines) is 1. The SMILES string of the molecule is CC1Oc2ccccc2COC12CCN(CCc1ccc([N+](=O)[O-])cc1)CC2.O=C(O)C(=O)O. The highest BCUT2D eigenvalue weighted by molar-refractivity contribution is 6.27. The number of non-ortho nitro benzene ring substituents is 1. The quantitative estimate of drug-likeness (QED) is 0.390. The second kappa shape index (κ2) is 11.1. The highest BCUT2D eigenvalue weighted by atomic mass is 16.6. The first-order valence-corrected chi connectivity index (χ1v) is 11.0. The van der Waals surface area contributed by atoms with Gasteiger partial charge in [-0.2, -0.15) is 0 Å². The maximum atomic E-state index is 10.8. The van der Waals surface area contributed by atoms with Crippen LogP contribution in [-0.2, 0) is 27.4 Å². The molecule has 1 spiro atoms. The molecule has 34 heavy (non-hydrogen) atoms. The van der Waals surface area contributed by atoms with Gasteiger partial charge in [0, 0.05) is 37.3 Å². The summed E-state index contributed by atoms with van der Waals surface area (Å²) < 4.78 is 12.6. The van der Waals surface area contributed by atoms with Gasteiger partial charge in [0.05, 0.1) is 11.5 Å². The van der Waals surface area contributed by atoms with Crippen LogP contribution in [-0.4, -0.2) is 63.3 Å². The van der Waals surface area contributed by atoms with Crippen LogP contribution in [0, 0.1) is 10.1 Å². The van der Waals surface area contributed by atoms with E-state index in [1.807, 2.05) is 30.3 Å². The van der Waals surface area contributed by atoms with Crippen LogP contribution in [0.2, 0.25) is 0 Å². The average Bonchev–Trinajstić information content (AvgIpc) is 2.96. The Bertz CT molecular complexity index is 1000. The number of benzene rings is 2. The van der Waals surface area contributed by atoms with Crippen molar-refractivity contribution in [3.63, 3.8) is 0 Å². The first-order valence-electron chi connectivity index (χ1n) is 11.0. The van der Waals surface area contributed by atoms with Gasteiger partial charge < -0.3 is 24.6 Å². The lowest BCUT2D eigenvalue weighted by Crippen LogP contribution is -2.53. The zero-order chi connectivity index (χ0) is 24.7. The van der Waals surface area contributed by atoms with E-state index in [9.17, 15) is 10.1 Å². The Hall–Kier alpha value is -3.50. The highest BCUT2D eigenvalue weighted by Gasteiger charge is 2.43. The molecule has 0 radical (unpaired) electrons. The Balaban J connectivity index is 0.000000481. The van der Waals surface area contributed by atoms with Gasteiger partial charge in [0.15, 0.2) is 0 Å². The van der Waals surface area contributed by atoms with Crippen molar-refractivity contribution in [3.8, 4) is 5.75 Å². The van der Waals surface area contributed by atoms with Gasteiger partial charge in [-0.05, 0) is 37.8 Å².